The van der Waals surface area contributed by atoms with Crippen LogP contribution in [-0.2, 0) is 14.6 Å². The van der Waals surface area contributed by atoms with Crippen LogP contribution in [0.5, 0.6) is 0 Å². The standard InChI is InChI=1S/C11H25NO3S/c1-5-6-8-15-9-7-12-10-11(2,3)16(4,13)14/h12H,5-10H2,1-4H3. The van der Waals surface area contributed by atoms with Crippen molar-refractivity contribution in [3.63, 3.8) is 0 Å². The lowest BCUT2D eigenvalue weighted by molar-refractivity contribution is 0.132. The summed E-state index contributed by atoms with van der Waals surface area (Å²) in [6.45, 7) is 8.16. The molecule has 0 rings (SSSR count). The van der Waals surface area contributed by atoms with Crippen molar-refractivity contribution < 1.29 is 13.2 Å². The fourth-order valence-electron chi connectivity index (χ4n) is 1.01. The van der Waals surface area contributed by atoms with Crippen LogP contribution in [0, 0.1) is 0 Å². The van der Waals surface area contributed by atoms with Crippen LogP contribution in [0.4, 0.5) is 0 Å². The fraction of sp³-hybridized carbons (Fsp3) is 1.00. The number of rotatable bonds is 9. The smallest absolute Gasteiger partial charge is 0.153 e. The highest BCUT2D eigenvalue weighted by Crippen LogP contribution is 2.12. The summed E-state index contributed by atoms with van der Waals surface area (Å²) in [4.78, 5) is 0. The molecule has 0 radical (unpaired) electrons. The van der Waals surface area contributed by atoms with E-state index in [9.17, 15) is 8.42 Å². The van der Waals surface area contributed by atoms with Gasteiger partial charge in [0, 0.05) is 26.0 Å². The third kappa shape index (κ3) is 6.45. The molecular weight excluding hydrogens is 226 g/mol. The maximum absolute atomic E-state index is 11.4. The first-order valence-corrected chi connectivity index (χ1v) is 7.68. The molecule has 0 aliphatic heterocycles. The Morgan fingerprint density at radius 1 is 1.25 bits per heavy atom. The molecule has 0 fully saturated rings. The van der Waals surface area contributed by atoms with E-state index in [1.165, 1.54) is 6.26 Å². The Morgan fingerprint density at radius 3 is 2.38 bits per heavy atom. The van der Waals surface area contributed by atoms with Crippen LogP contribution in [0.25, 0.3) is 0 Å². The van der Waals surface area contributed by atoms with Crippen molar-refractivity contribution in [2.24, 2.45) is 0 Å². The van der Waals surface area contributed by atoms with Crippen LogP contribution in [0.15, 0.2) is 0 Å². The van der Waals surface area contributed by atoms with E-state index < -0.39 is 14.6 Å². The Labute approximate surface area is 99.7 Å². The van der Waals surface area contributed by atoms with Crippen molar-refractivity contribution in [1.29, 1.82) is 0 Å². The fourth-order valence-corrected chi connectivity index (χ4v) is 1.38. The van der Waals surface area contributed by atoms with Gasteiger partial charge in [0.05, 0.1) is 11.4 Å². The van der Waals surface area contributed by atoms with Gasteiger partial charge in [-0.3, -0.25) is 0 Å². The van der Waals surface area contributed by atoms with Gasteiger partial charge in [-0.1, -0.05) is 13.3 Å². The van der Waals surface area contributed by atoms with Crippen molar-refractivity contribution >= 4 is 9.84 Å². The minimum Gasteiger partial charge on any atom is -0.380 e. The van der Waals surface area contributed by atoms with Gasteiger partial charge in [0.2, 0.25) is 0 Å². The highest BCUT2D eigenvalue weighted by molar-refractivity contribution is 7.92. The van der Waals surface area contributed by atoms with Crippen LogP contribution in [-0.4, -0.2) is 45.7 Å². The summed E-state index contributed by atoms with van der Waals surface area (Å²) in [5.41, 5.74) is 0. The van der Waals surface area contributed by atoms with E-state index in [0.717, 1.165) is 19.4 Å². The van der Waals surface area contributed by atoms with Gasteiger partial charge < -0.3 is 10.1 Å². The number of sulfone groups is 1. The molecule has 0 amide bonds. The number of nitrogens with one attached hydrogen (secondary N) is 1. The highest BCUT2D eigenvalue weighted by Gasteiger charge is 2.29. The van der Waals surface area contributed by atoms with Crippen LogP contribution in [0.1, 0.15) is 33.6 Å². The Bertz CT molecular complexity index is 273. The SMILES string of the molecule is CCCCOCCNCC(C)(C)S(C)(=O)=O. The average molecular weight is 251 g/mol. The second-order valence-electron chi connectivity index (χ2n) is 4.67. The van der Waals surface area contributed by atoms with Crippen LogP contribution in [0.2, 0.25) is 0 Å². The van der Waals surface area contributed by atoms with Gasteiger partial charge in [0.15, 0.2) is 9.84 Å². The Morgan fingerprint density at radius 2 is 1.88 bits per heavy atom. The van der Waals surface area contributed by atoms with E-state index in [2.05, 4.69) is 12.2 Å². The third-order valence-electron chi connectivity index (χ3n) is 2.62. The zero-order chi connectivity index (χ0) is 12.7. The predicted molar refractivity (Wildman–Crippen MR) is 67.5 cm³/mol. The highest BCUT2D eigenvalue weighted by atomic mass is 32.2. The topological polar surface area (TPSA) is 55.4 Å². The van der Waals surface area contributed by atoms with Crippen molar-refractivity contribution in [1.82, 2.24) is 5.32 Å². The summed E-state index contributed by atoms with van der Waals surface area (Å²) in [6, 6.07) is 0. The largest absolute Gasteiger partial charge is 0.380 e. The molecule has 0 atom stereocenters. The normalized spacial score (nSPS) is 13.0. The Balaban J connectivity index is 3.59. The summed E-state index contributed by atoms with van der Waals surface area (Å²) in [5.74, 6) is 0. The summed E-state index contributed by atoms with van der Waals surface area (Å²) >= 11 is 0. The van der Waals surface area contributed by atoms with E-state index in [1.54, 1.807) is 13.8 Å². The molecule has 0 bridgehead atoms. The summed E-state index contributed by atoms with van der Waals surface area (Å²) < 4.78 is 27.4. The van der Waals surface area contributed by atoms with E-state index in [1.807, 2.05) is 0 Å². The minimum absolute atomic E-state index is 0.461. The van der Waals surface area contributed by atoms with Gasteiger partial charge in [-0.05, 0) is 20.3 Å². The lowest BCUT2D eigenvalue weighted by atomic mass is 10.2. The quantitative estimate of drug-likeness (QED) is 0.626. The third-order valence-corrected chi connectivity index (χ3v) is 4.77. The van der Waals surface area contributed by atoms with Crippen LogP contribution < -0.4 is 5.32 Å². The molecule has 0 spiro atoms. The maximum Gasteiger partial charge on any atom is 0.153 e. The molecule has 4 nitrogen and oxygen atoms in total. The molecule has 98 valence electrons. The van der Waals surface area contributed by atoms with E-state index in [-0.39, 0.29) is 0 Å². The van der Waals surface area contributed by atoms with E-state index >= 15 is 0 Å². The molecule has 0 saturated heterocycles. The van der Waals surface area contributed by atoms with Crippen molar-refractivity contribution in [2.45, 2.75) is 38.4 Å². The summed E-state index contributed by atoms with van der Waals surface area (Å²) in [7, 11) is -3.01. The first-order chi connectivity index (χ1) is 7.31. The Kier molecular flexibility index (Phi) is 7.19. The molecule has 16 heavy (non-hydrogen) atoms. The van der Waals surface area contributed by atoms with Crippen molar-refractivity contribution in [3.05, 3.63) is 0 Å². The van der Waals surface area contributed by atoms with Gasteiger partial charge in [-0.2, -0.15) is 0 Å². The second kappa shape index (κ2) is 7.25. The van der Waals surface area contributed by atoms with E-state index in [0.29, 0.717) is 19.7 Å². The molecule has 1 N–H and O–H groups in total. The van der Waals surface area contributed by atoms with Gasteiger partial charge in [-0.25, -0.2) is 8.42 Å². The van der Waals surface area contributed by atoms with Crippen LogP contribution in [0.3, 0.4) is 0 Å². The zero-order valence-electron chi connectivity index (χ0n) is 10.9. The molecule has 0 saturated carbocycles. The summed E-state index contributed by atoms with van der Waals surface area (Å²) in [6.07, 6.45) is 3.48. The number of hydrogen-bond acceptors (Lipinski definition) is 4. The molecule has 5 heteroatoms. The molecule has 0 heterocycles. The van der Waals surface area contributed by atoms with Gasteiger partial charge in [-0.15, -0.1) is 0 Å². The van der Waals surface area contributed by atoms with Gasteiger partial charge in [0.25, 0.3) is 0 Å². The minimum atomic E-state index is -3.01. The number of unbranched alkanes of at least 4 members (excludes halogenated alkanes) is 1. The first kappa shape index (κ1) is 15.9. The maximum atomic E-state index is 11.4. The summed E-state index contributed by atoms with van der Waals surface area (Å²) in [5, 5.41) is 3.10. The molecule has 0 aliphatic carbocycles. The predicted octanol–water partition coefficient (Wildman–Crippen LogP) is 1.22. The second-order valence-corrected chi connectivity index (χ2v) is 7.32. The molecule has 0 aromatic heterocycles. The molecule has 0 aromatic carbocycles. The lowest BCUT2D eigenvalue weighted by Gasteiger charge is -2.22. The monoisotopic (exact) mass is 251 g/mol. The van der Waals surface area contributed by atoms with Crippen molar-refractivity contribution in [2.75, 3.05) is 32.6 Å². The Hall–Kier alpha value is -0.130. The van der Waals surface area contributed by atoms with Gasteiger partial charge >= 0.3 is 0 Å². The van der Waals surface area contributed by atoms with Crippen molar-refractivity contribution in [3.8, 4) is 0 Å². The zero-order valence-corrected chi connectivity index (χ0v) is 11.7. The molecule has 0 aliphatic rings. The van der Waals surface area contributed by atoms with Gasteiger partial charge in [0.1, 0.15) is 0 Å². The first-order valence-electron chi connectivity index (χ1n) is 5.79. The molecule has 0 unspecified atom stereocenters. The number of hydrogen-bond donors (Lipinski definition) is 1. The lowest BCUT2D eigenvalue weighted by Crippen LogP contribution is -2.42. The number of ether oxygens (including phenoxy) is 1. The van der Waals surface area contributed by atoms with Crippen LogP contribution >= 0.6 is 0 Å². The van der Waals surface area contributed by atoms with E-state index in [4.69, 9.17) is 4.74 Å². The average Bonchev–Trinajstić information content (AvgIpc) is 2.14. The molecular formula is C11H25NO3S. The molecule has 0 aromatic rings.